The molecule has 5 atom stereocenters. The molecule has 1 heterocycles. The molecule has 2 aliphatic carbocycles. The normalized spacial score (nSPS) is 22.8. The van der Waals surface area contributed by atoms with Crippen molar-refractivity contribution in [1.29, 1.82) is 0 Å². The number of amides is 5. The van der Waals surface area contributed by atoms with Crippen molar-refractivity contribution in [1.82, 2.24) is 25.6 Å². The number of nitrogens with one attached hydrogen (secondary N) is 4. The van der Waals surface area contributed by atoms with Crippen LogP contribution in [0, 0.1) is 29.1 Å². The van der Waals surface area contributed by atoms with E-state index < -0.39 is 69.1 Å². The van der Waals surface area contributed by atoms with Gasteiger partial charge in [-0.25, -0.2) is 17.9 Å². The Morgan fingerprint density at radius 2 is 1.53 bits per heavy atom. The van der Waals surface area contributed by atoms with Crippen LogP contribution >= 0.6 is 0 Å². The number of rotatable bonds is 15. The molecule has 45 heavy (non-hydrogen) atoms. The lowest BCUT2D eigenvalue weighted by atomic mass is 9.80. The van der Waals surface area contributed by atoms with Gasteiger partial charge in [-0.2, -0.15) is 0 Å². The number of sulfonamides is 1. The van der Waals surface area contributed by atoms with E-state index in [-0.39, 0.29) is 42.0 Å². The third kappa shape index (κ3) is 9.63. The molecule has 1 aliphatic heterocycles. The molecule has 0 aromatic heterocycles. The lowest BCUT2D eigenvalue weighted by molar-refractivity contribution is -0.144. The Morgan fingerprint density at radius 1 is 0.911 bits per heavy atom. The second-order valence-corrected chi connectivity index (χ2v) is 16.9. The van der Waals surface area contributed by atoms with E-state index >= 15 is 0 Å². The zero-order chi connectivity index (χ0) is 33.9. The van der Waals surface area contributed by atoms with Crippen LogP contribution in [0.25, 0.3) is 0 Å². The maximum Gasteiger partial charge on any atom is 0.315 e. The minimum absolute atomic E-state index is 0.0224. The number of nitrogens with zero attached hydrogens (tertiary/aromatic N) is 1. The molecular formula is C31H54N6O7S. The van der Waals surface area contributed by atoms with Crippen LogP contribution in [0.15, 0.2) is 0 Å². The Bertz CT molecular complexity index is 1220. The Morgan fingerprint density at radius 3 is 2.00 bits per heavy atom. The summed E-state index contributed by atoms with van der Waals surface area (Å²) in [7, 11) is -3.44. The van der Waals surface area contributed by atoms with Crippen molar-refractivity contribution in [2.45, 2.75) is 123 Å². The van der Waals surface area contributed by atoms with Gasteiger partial charge in [-0.1, -0.05) is 67.7 Å². The minimum Gasteiger partial charge on any atom is -0.363 e. The summed E-state index contributed by atoms with van der Waals surface area (Å²) in [6.45, 7) is 13.4. The molecule has 0 aromatic rings. The molecule has 0 radical (unpaired) electrons. The third-order valence-corrected chi connectivity index (χ3v) is 11.4. The smallest absolute Gasteiger partial charge is 0.315 e. The number of carbonyl (C=O) groups excluding carboxylic acids is 5. The second kappa shape index (κ2) is 14.8. The van der Waals surface area contributed by atoms with Crippen LogP contribution in [-0.2, 0) is 29.2 Å². The van der Waals surface area contributed by atoms with E-state index in [1.54, 1.807) is 0 Å². The molecular weight excluding hydrogens is 600 g/mol. The van der Waals surface area contributed by atoms with Crippen molar-refractivity contribution in [2.75, 3.05) is 13.1 Å². The number of Topliss-reactive ketones (excluding diaryl/α,β-unsaturated/α-hetero) is 1. The van der Waals surface area contributed by atoms with Gasteiger partial charge in [0.1, 0.15) is 12.1 Å². The lowest BCUT2D eigenvalue weighted by Gasteiger charge is -2.37. The molecule has 3 aliphatic rings. The Hall–Kier alpha value is -2.74. The van der Waals surface area contributed by atoms with Gasteiger partial charge in [-0.15, -0.1) is 0 Å². The third-order valence-electron chi connectivity index (χ3n) is 9.50. The summed E-state index contributed by atoms with van der Waals surface area (Å²) in [5.41, 5.74) is 4.56. The van der Waals surface area contributed by atoms with Gasteiger partial charge in [-0.3, -0.25) is 19.2 Å². The molecule has 14 heteroatoms. The topological polar surface area (TPSA) is 197 Å². The molecule has 0 spiro atoms. The number of hydrogen-bond acceptors (Lipinski definition) is 7. The monoisotopic (exact) mass is 654 g/mol. The fourth-order valence-corrected chi connectivity index (χ4v) is 7.53. The van der Waals surface area contributed by atoms with E-state index in [2.05, 4.69) is 20.7 Å². The molecule has 6 N–H and O–H groups in total. The zero-order valence-corrected chi connectivity index (χ0v) is 28.7. The predicted molar refractivity (Wildman–Crippen MR) is 170 cm³/mol. The van der Waals surface area contributed by atoms with E-state index in [0.717, 1.165) is 19.3 Å². The molecule has 2 unspecified atom stereocenters. The van der Waals surface area contributed by atoms with Crippen molar-refractivity contribution in [3.63, 3.8) is 0 Å². The van der Waals surface area contributed by atoms with Gasteiger partial charge in [0.2, 0.25) is 27.6 Å². The highest BCUT2D eigenvalue weighted by Gasteiger charge is 2.48. The summed E-state index contributed by atoms with van der Waals surface area (Å²) in [5.74, 6) is -2.97. The summed E-state index contributed by atoms with van der Waals surface area (Å²) >= 11 is 0. The van der Waals surface area contributed by atoms with Crippen molar-refractivity contribution in [3.05, 3.63) is 0 Å². The molecule has 3 fully saturated rings. The molecule has 0 aromatic carbocycles. The van der Waals surface area contributed by atoms with E-state index in [0.29, 0.717) is 25.7 Å². The number of likely N-dealkylation sites (tertiary alicyclic amines) is 1. The van der Waals surface area contributed by atoms with Gasteiger partial charge in [0.05, 0.1) is 11.3 Å². The highest BCUT2D eigenvalue weighted by atomic mass is 32.2. The van der Waals surface area contributed by atoms with Crippen LogP contribution in [0.1, 0.15) is 93.4 Å². The summed E-state index contributed by atoms with van der Waals surface area (Å²) in [4.78, 5) is 67.3. The van der Waals surface area contributed by atoms with E-state index in [9.17, 15) is 32.4 Å². The van der Waals surface area contributed by atoms with Crippen molar-refractivity contribution in [2.24, 2.45) is 34.8 Å². The molecule has 3 rings (SSSR count). The van der Waals surface area contributed by atoms with Crippen LogP contribution in [-0.4, -0.2) is 85.4 Å². The Labute approximate surface area is 268 Å². The maximum atomic E-state index is 14.2. The molecule has 13 nitrogen and oxygen atoms in total. The highest BCUT2D eigenvalue weighted by Crippen LogP contribution is 2.34. The standard InChI is InChI=1S/C31H54N6O7S/c1-17(2)21-13-14-37(24(21)28(40)34-22(25(38)27(32)39)15-19-9-8-10-19)29(41)26(31(5,6)7)36-30(42)35-23(18(3)4)16-33-45(43,44)20-11-12-20/h17-24,26,33H,8-16H2,1-7H3,(H2,32,39)(H,34,40)(H2,35,36,42)/t21?,22?,23-,24+,26-/m1/s1. The summed E-state index contributed by atoms with van der Waals surface area (Å²) in [6.07, 6.45) is 4.97. The van der Waals surface area contributed by atoms with Gasteiger partial charge in [0.15, 0.2) is 0 Å². The van der Waals surface area contributed by atoms with Crippen LogP contribution < -0.4 is 26.4 Å². The fraction of sp³-hybridized carbons (Fsp3) is 0.839. The summed E-state index contributed by atoms with van der Waals surface area (Å²) in [6, 6.07) is -4.14. The number of urea groups is 1. The number of nitrogens with two attached hydrogens (primary N) is 1. The van der Waals surface area contributed by atoms with Crippen LogP contribution in [0.2, 0.25) is 0 Å². The maximum absolute atomic E-state index is 14.2. The second-order valence-electron chi connectivity index (χ2n) is 14.9. The number of hydrogen-bond donors (Lipinski definition) is 5. The van der Waals surface area contributed by atoms with Crippen molar-refractivity contribution < 1.29 is 32.4 Å². The van der Waals surface area contributed by atoms with Crippen molar-refractivity contribution >= 4 is 39.6 Å². The SMILES string of the molecule is CC(C)C1CCN(C(=O)[C@@H](NC(=O)N[C@H](CNS(=O)(=O)C2CC2)C(C)C)C(C)(C)C)[C@@H]1C(=O)NC(CC1CCC1)C(=O)C(N)=O. The fourth-order valence-electron chi connectivity index (χ4n) is 6.13. The average molecular weight is 655 g/mol. The van der Waals surface area contributed by atoms with Crippen molar-refractivity contribution in [3.8, 4) is 0 Å². The Balaban J connectivity index is 1.77. The summed E-state index contributed by atoms with van der Waals surface area (Å²) in [5, 5.41) is 8.01. The molecule has 0 bridgehead atoms. The average Bonchev–Trinajstić information content (AvgIpc) is 3.68. The zero-order valence-electron chi connectivity index (χ0n) is 27.9. The first-order valence-electron chi connectivity index (χ1n) is 16.3. The lowest BCUT2D eigenvalue weighted by Crippen LogP contribution is -2.62. The van der Waals surface area contributed by atoms with E-state index in [1.165, 1.54) is 4.90 Å². The van der Waals surface area contributed by atoms with Crippen LogP contribution in [0.3, 0.4) is 0 Å². The van der Waals surface area contributed by atoms with Crippen LogP contribution in [0.4, 0.5) is 4.79 Å². The van der Waals surface area contributed by atoms with E-state index in [4.69, 9.17) is 5.73 Å². The summed E-state index contributed by atoms with van der Waals surface area (Å²) < 4.78 is 27.3. The Kier molecular flexibility index (Phi) is 12.1. The quantitative estimate of drug-likeness (QED) is 0.165. The predicted octanol–water partition coefficient (Wildman–Crippen LogP) is 1.41. The number of carbonyl (C=O) groups is 5. The molecule has 256 valence electrons. The first kappa shape index (κ1) is 36.7. The largest absolute Gasteiger partial charge is 0.363 e. The van der Waals surface area contributed by atoms with Crippen LogP contribution in [0.5, 0.6) is 0 Å². The minimum atomic E-state index is -3.44. The first-order chi connectivity index (χ1) is 20.8. The molecule has 2 saturated carbocycles. The van der Waals surface area contributed by atoms with E-state index in [1.807, 2.05) is 48.5 Å². The van der Waals surface area contributed by atoms with Gasteiger partial charge in [0.25, 0.3) is 5.91 Å². The van der Waals surface area contributed by atoms with Gasteiger partial charge in [-0.05, 0) is 54.8 Å². The number of primary amides is 1. The van der Waals surface area contributed by atoms with Gasteiger partial charge < -0.3 is 26.6 Å². The molecule has 1 saturated heterocycles. The van der Waals surface area contributed by atoms with Gasteiger partial charge >= 0.3 is 6.03 Å². The van der Waals surface area contributed by atoms with Gasteiger partial charge in [0, 0.05) is 19.1 Å². The first-order valence-corrected chi connectivity index (χ1v) is 17.9. The number of ketones is 1. The highest BCUT2D eigenvalue weighted by molar-refractivity contribution is 7.90. The molecule has 5 amide bonds.